The lowest BCUT2D eigenvalue weighted by molar-refractivity contribution is -0.125. The SMILES string of the molecule is Cc1ccnc(C)c1C(=O)N1CC2CN(CC[C@H](NC(=O)C3CCOC3)c3ccccc3)CC2C1. The van der Waals surface area contributed by atoms with E-state index in [1.807, 2.05) is 43.0 Å². The number of amides is 2. The van der Waals surface area contributed by atoms with E-state index >= 15 is 0 Å². The molecular formula is C28H36N4O3. The van der Waals surface area contributed by atoms with Crippen LogP contribution in [-0.2, 0) is 9.53 Å². The van der Waals surface area contributed by atoms with Gasteiger partial charge in [-0.1, -0.05) is 30.3 Å². The fraction of sp³-hybridized carbons (Fsp3) is 0.536. The molecule has 0 aliphatic carbocycles. The van der Waals surface area contributed by atoms with E-state index in [2.05, 4.69) is 27.3 Å². The summed E-state index contributed by atoms with van der Waals surface area (Å²) in [6.07, 6.45) is 3.44. The Morgan fingerprint density at radius 3 is 2.49 bits per heavy atom. The predicted octanol–water partition coefficient (Wildman–Crippen LogP) is 2.99. The van der Waals surface area contributed by atoms with Crippen LogP contribution >= 0.6 is 0 Å². The summed E-state index contributed by atoms with van der Waals surface area (Å²) in [7, 11) is 0. The van der Waals surface area contributed by atoms with Crippen molar-refractivity contribution in [2.75, 3.05) is 45.9 Å². The Morgan fingerprint density at radius 2 is 1.83 bits per heavy atom. The third-order valence-electron chi connectivity index (χ3n) is 7.96. The highest BCUT2D eigenvalue weighted by Crippen LogP contribution is 2.33. The zero-order valence-electron chi connectivity index (χ0n) is 20.8. The van der Waals surface area contributed by atoms with Crippen LogP contribution < -0.4 is 5.32 Å². The minimum absolute atomic E-state index is 0.000604. The van der Waals surface area contributed by atoms with Crippen molar-refractivity contribution in [3.05, 3.63) is 65.0 Å². The first-order valence-corrected chi connectivity index (χ1v) is 12.9. The highest BCUT2D eigenvalue weighted by Gasteiger charge is 2.42. The summed E-state index contributed by atoms with van der Waals surface area (Å²) in [6, 6.07) is 12.2. The fourth-order valence-electron chi connectivity index (χ4n) is 5.96. The van der Waals surface area contributed by atoms with Crippen molar-refractivity contribution in [3.8, 4) is 0 Å². The molecule has 0 bridgehead atoms. The van der Waals surface area contributed by atoms with E-state index < -0.39 is 0 Å². The molecule has 3 aliphatic rings. The van der Waals surface area contributed by atoms with Crippen LogP contribution in [0.2, 0.25) is 0 Å². The Kier molecular flexibility index (Phi) is 7.16. The van der Waals surface area contributed by atoms with Crippen LogP contribution in [0, 0.1) is 31.6 Å². The van der Waals surface area contributed by atoms with Crippen molar-refractivity contribution in [1.82, 2.24) is 20.1 Å². The second kappa shape index (κ2) is 10.5. The maximum absolute atomic E-state index is 13.2. The summed E-state index contributed by atoms with van der Waals surface area (Å²) >= 11 is 0. The van der Waals surface area contributed by atoms with Crippen molar-refractivity contribution in [2.45, 2.75) is 32.7 Å². The average Bonchev–Trinajstić information content (AvgIpc) is 3.59. The van der Waals surface area contributed by atoms with E-state index in [0.29, 0.717) is 25.0 Å². The Bertz CT molecular complexity index is 1020. The molecule has 4 atom stereocenters. The number of aryl methyl sites for hydroxylation is 2. The molecular weight excluding hydrogens is 440 g/mol. The molecule has 3 fully saturated rings. The van der Waals surface area contributed by atoms with Gasteiger partial charge in [0, 0.05) is 45.5 Å². The number of hydrogen-bond acceptors (Lipinski definition) is 5. The van der Waals surface area contributed by atoms with E-state index in [-0.39, 0.29) is 23.8 Å². The van der Waals surface area contributed by atoms with E-state index in [4.69, 9.17) is 4.74 Å². The Hall–Kier alpha value is -2.77. The first kappa shape index (κ1) is 23.9. The lowest BCUT2D eigenvalue weighted by Gasteiger charge is -2.26. The molecule has 3 unspecified atom stereocenters. The molecule has 1 aromatic heterocycles. The van der Waals surface area contributed by atoms with Gasteiger partial charge in [0.05, 0.1) is 29.8 Å². The summed E-state index contributed by atoms with van der Waals surface area (Å²) in [4.78, 5) is 34.9. The number of likely N-dealkylation sites (tertiary alicyclic amines) is 2. The number of carbonyl (C=O) groups excluding carboxylic acids is 2. The molecule has 7 heteroatoms. The van der Waals surface area contributed by atoms with Gasteiger partial charge in [-0.15, -0.1) is 0 Å². The van der Waals surface area contributed by atoms with Crippen LogP contribution in [0.1, 0.15) is 46.1 Å². The molecule has 7 nitrogen and oxygen atoms in total. The maximum Gasteiger partial charge on any atom is 0.255 e. The van der Waals surface area contributed by atoms with Gasteiger partial charge < -0.3 is 19.9 Å². The number of hydrogen-bond donors (Lipinski definition) is 1. The third-order valence-corrected chi connectivity index (χ3v) is 7.96. The average molecular weight is 477 g/mol. The molecule has 0 saturated carbocycles. The molecule has 1 N–H and O–H groups in total. The molecule has 0 spiro atoms. The quantitative estimate of drug-likeness (QED) is 0.665. The predicted molar refractivity (Wildman–Crippen MR) is 134 cm³/mol. The summed E-state index contributed by atoms with van der Waals surface area (Å²) < 4.78 is 5.42. The largest absolute Gasteiger partial charge is 0.381 e. The summed E-state index contributed by atoms with van der Waals surface area (Å²) in [5.41, 5.74) is 3.72. The highest BCUT2D eigenvalue weighted by molar-refractivity contribution is 5.96. The van der Waals surface area contributed by atoms with Gasteiger partial charge in [0.15, 0.2) is 0 Å². The normalized spacial score (nSPS) is 25.0. The zero-order chi connectivity index (χ0) is 24.4. The number of nitrogens with one attached hydrogen (secondary N) is 1. The molecule has 3 saturated heterocycles. The number of benzene rings is 1. The van der Waals surface area contributed by atoms with Gasteiger partial charge in [-0.05, 0) is 55.7 Å². The first-order chi connectivity index (χ1) is 17.0. The van der Waals surface area contributed by atoms with Gasteiger partial charge in [0.1, 0.15) is 0 Å². The maximum atomic E-state index is 13.2. The van der Waals surface area contributed by atoms with E-state index in [1.54, 1.807) is 6.20 Å². The standard InChI is InChI=1S/C28H36N4O3/c1-19-8-11-29-20(2)26(19)28(34)32-16-23-14-31(15-24(23)17-32)12-9-25(21-6-4-3-5-7-21)30-27(33)22-10-13-35-18-22/h3-8,11,22-25H,9-10,12-18H2,1-2H3,(H,30,33)/t22?,23?,24?,25-/m0/s1. The minimum atomic E-state index is -0.0389. The van der Waals surface area contributed by atoms with E-state index in [1.165, 1.54) is 0 Å². The lowest BCUT2D eigenvalue weighted by atomic mass is 10.0. The second-order valence-corrected chi connectivity index (χ2v) is 10.4. The van der Waals surface area contributed by atoms with Gasteiger partial charge in [0.2, 0.25) is 5.91 Å². The first-order valence-electron chi connectivity index (χ1n) is 12.9. The number of nitrogens with zero attached hydrogens (tertiary/aromatic N) is 3. The fourth-order valence-corrected chi connectivity index (χ4v) is 5.96. The van der Waals surface area contributed by atoms with Crippen molar-refractivity contribution in [2.24, 2.45) is 17.8 Å². The van der Waals surface area contributed by atoms with Crippen LogP contribution in [-0.4, -0.2) is 72.5 Å². The second-order valence-electron chi connectivity index (χ2n) is 10.4. The summed E-state index contributed by atoms with van der Waals surface area (Å²) in [5.74, 6) is 1.21. The van der Waals surface area contributed by atoms with Gasteiger partial charge in [-0.2, -0.15) is 0 Å². The monoisotopic (exact) mass is 476 g/mol. The number of pyridine rings is 1. The van der Waals surface area contributed by atoms with Gasteiger partial charge >= 0.3 is 0 Å². The molecule has 4 heterocycles. The molecule has 2 aromatic rings. The van der Waals surface area contributed by atoms with Crippen molar-refractivity contribution in [1.29, 1.82) is 0 Å². The molecule has 35 heavy (non-hydrogen) atoms. The van der Waals surface area contributed by atoms with Crippen LogP contribution in [0.15, 0.2) is 42.6 Å². The van der Waals surface area contributed by atoms with Crippen LogP contribution in [0.3, 0.4) is 0 Å². The lowest BCUT2D eigenvalue weighted by Crippen LogP contribution is -2.37. The molecule has 0 radical (unpaired) electrons. The van der Waals surface area contributed by atoms with Crippen molar-refractivity contribution < 1.29 is 14.3 Å². The number of ether oxygens (including phenoxy) is 1. The number of carbonyl (C=O) groups is 2. The van der Waals surface area contributed by atoms with Crippen LogP contribution in [0.5, 0.6) is 0 Å². The van der Waals surface area contributed by atoms with Gasteiger partial charge in [-0.3, -0.25) is 14.6 Å². The third kappa shape index (κ3) is 5.26. The molecule has 186 valence electrons. The van der Waals surface area contributed by atoms with Crippen LogP contribution in [0.25, 0.3) is 0 Å². The summed E-state index contributed by atoms with van der Waals surface area (Å²) in [6.45, 7) is 9.67. The molecule has 3 aliphatic heterocycles. The Morgan fingerprint density at radius 1 is 1.09 bits per heavy atom. The molecule has 5 rings (SSSR count). The van der Waals surface area contributed by atoms with Crippen molar-refractivity contribution in [3.63, 3.8) is 0 Å². The Labute approximate surface area is 207 Å². The highest BCUT2D eigenvalue weighted by atomic mass is 16.5. The van der Waals surface area contributed by atoms with Crippen LogP contribution in [0.4, 0.5) is 0 Å². The summed E-state index contributed by atoms with van der Waals surface area (Å²) in [5, 5.41) is 3.30. The smallest absolute Gasteiger partial charge is 0.255 e. The minimum Gasteiger partial charge on any atom is -0.381 e. The Balaban J connectivity index is 1.17. The van der Waals surface area contributed by atoms with E-state index in [0.717, 1.165) is 67.9 Å². The van der Waals surface area contributed by atoms with E-state index in [9.17, 15) is 9.59 Å². The van der Waals surface area contributed by atoms with Crippen molar-refractivity contribution >= 4 is 11.8 Å². The molecule has 1 aromatic carbocycles. The van der Waals surface area contributed by atoms with Gasteiger partial charge in [0.25, 0.3) is 5.91 Å². The topological polar surface area (TPSA) is 74.8 Å². The number of aromatic nitrogens is 1. The number of rotatable bonds is 7. The zero-order valence-corrected chi connectivity index (χ0v) is 20.8. The number of fused-ring (bicyclic) bond motifs is 1. The molecule has 2 amide bonds. The van der Waals surface area contributed by atoms with Gasteiger partial charge in [-0.25, -0.2) is 0 Å².